The number of nitrogens with one attached hydrogen (secondary N) is 1. The first kappa shape index (κ1) is 13.9. The van der Waals surface area contributed by atoms with Crippen molar-refractivity contribution in [3.63, 3.8) is 0 Å². The first-order chi connectivity index (χ1) is 9.53. The fourth-order valence-electron chi connectivity index (χ4n) is 3.18. The number of anilines is 1. The van der Waals surface area contributed by atoms with Crippen molar-refractivity contribution in [2.45, 2.75) is 31.8 Å². The predicted molar refractivity (Wildman–Crippen MR) is 81.9 cm³/mol. The molecule has 2 aliphatic heterocycles. The molecule has 20 heavy (non-hydrogen) atoms. The van der Waals surface area contributed by atoms with Crippen LogP contribution in [0.4, 0.5) is 5.69 Å². The van der Waals surface area contributed by atoms with Crippen LogP contribution in [0.3, 0.4) is 0 Å². The minimum atomic E-state index is -2.82. The molecular formula is C15H22N2O2S. The molecule has 1 atom stereocenters. The highest BCUT2D eigenvalue weighted by atomic mass is 32.2. The van der Waals surface area contributed by atoms with E-state index in [-0.39, 0.29) is 6.04 Å². The van der Waals surface area contributed by atoms with E-state index >= 15 is 0 Å². The van der Waals surface area contributed by atoms with Crippen molar-refractivity contribution in [2.24, 2.45) is 0 Å². The third-order valence-electron chi connectivity index (χ3n) is 4.33. The van der Waals surface area contributed by atoms with Crippen LogP contribution in [-0.2, 0) is 22.8 Å². The summed E-state index contributed by atoms with van der Waals surface area (Å²) in [5, 5.41) is 3.40. The lowest BCUT2D eigenvalue weighted by Gasteiger charge is -2.23. The van der Waals surface area contributed by atoms with Crippen molar-refractivity contribution in [1.29, 1.82) is 0 Å². The van der Waals surface area contributed by atoms with Gasteiger partial charge in [0.05, 0.1) is 11.5 Å². The largest absolute Gasteiger partial charge is 0.374 e. The first-order valence-corrected chi connectivity index (χ1v) is 9.12. The van der Waals surface area contributed by atoms with Crippen LogP contribution in [0.5, 0.6) is 0 Å². The zero-order valence-corrected chi connectivity index (χ0v) is 12.7. The molecule has 2 heterocycles. The van der Waals surface area contributed by atoms with E-state index in [2.05, 4.69) is 35.5 Å². The maximum absolute atomic E-state index is 11.6. The van der Waals surface area contributed by atoms with Gasteiger partial charge in [0.1, 0.15) is 0 Å². The average Bonchev–Trinajstić information content (AvgIpc) is 2.77. The molecule has 0 spiro atoms. The Morgan fingerprint density at radius 1 is 1.40 bits per heavy atom. The predicted octanol–water partition coefficient (Wildman–Crippen LogP) is 1.35. The Hall–Kier alpha value is -1.07. The van der Waals surface area contributed by atoms with Gasteiger partial charge >= 0.3 is 0 Å². The van der Waals surface area contributed by atoms with Crippen LogP contribution in [0.15, 0.2) is 18.2 Å². The summed E-state index contributed by atoms with van der Waals surface area (Å²) in [5.41, 5.74) is 3.99. The van der Waals surface area contributed by atoms with Crippen LogP contribution in [0.1, 0.15) is 24.0 Å². The van der Waals surface area contributed by atoms with Crippen LogP contribution in [-0.4, -0.2) is 39.6 Å². The molecule has 1 aromatic rings. The molecule has 0 aromatic heterocycles. The van der Waals surface area contributed by atoms with E-state index in [1.165, 1.54) is 16.8 Å². The number of hydrogen-bond donors (Lipinski definition) is 1. The quantitative estimate of drug-likeness (QED) is 0.914. The Morgan fingerprint density at radius 3 is 3.05 bits per heavy atom. The molecule has 0 radical (unpaired) electrons. The molecule has 1 unspecified atom stereocenters. The maximum Gasteiger partial charge on any atom is 0.151 e. The first-order valence-electron chi connectivity index (χ1n) is 7.30. The van der Waals surface area contributed by atoms with Crippen LogP contribution >= 0.6 is 0 Å². The lowest BCUT2D eigenvalue weighted by Crippen LogP contribution is -2.39. The highest BCUT2D eigenvalue weighted by molar-refractivity contribution is 7.91. The number of fused-ring (bicyclic) bond motifs is 1. The van der Waals surface area contributed by atoms with E-state index in [9.17, 15) is 8.42 Å². The smallest absolute Gasteiger partial charge is 0.151 e. The summed E-state index contributed by atoms with van der Waals surface area (Å²) in [6, 6.07) is 6.69. The van der Waals surface area contributed by atoms with Crippen molar-refractivity contribution in [2.75, 3.05) is 30.0 Å². The van der Waals surface area contributed by atoms with Crippen molar-refractivity contribution in [3.05, 3.63) is 29.3 Å². The number of sulfone groups is 1. The molecular weight excluding hydrogens is 272 g/mol. The molecule has 1 fully saturated rings. The maximum atomic E-state index is 11.6. The summed E-state index contributed by atoms with van der Waals surface area (Å²) in [6.07, 6.45) is 2.86. The molecule has 0 bridgehead atoms. The Bertz CT molecular complexity index is 598. The summed E-state index contributed by atoms with van der Waals surface area (Å²) in [6.45, 7) is 1.85. The summed E-state index contributed by atoms with van der Waals surface area (Å²) in [5.74, 6) is 0.650. The van der Waals surface area contributed by atoms with Gasteiger partial charge in [-0.2, -0.15) is 0 Å². The van der Waals surface area contributed by atoms with Gasteiger partial charge in [-0.15, -0.1) is 0 Å². The summed E-state index contributed by atoms with van der Waals surface area (Å²) in [4.78, 5) is 2.28. The van der Waals surface area contributed by atoms with Crippen molar-refractivity contribution >= 4 is 15.5 Å². The van der Waals surface area contributed by atoms with Crippen molar-refractivity contribution in [3.8, 4) is 0 Å². The van der Waals surface area contributed by atoms with Crippen LogP contribution in [0.25, 0.3) is 0 Å². The average molecular weight is 294 g/mol. The second-order valence-corrected chi connectivity index (χ2v) is 8.20. The van der Waals surface area contributed by atoms with Gasteiger partial charge in [-0.25, -0.2) is 8.42 Å². The molecule has 2 aliphatic rings. The minimum absolute atomic E-state index is 0.115. The van der Waals surface area contributed by atoms with Crippen LogP contribution < -0.4 is 10.2 Å². The van der Waals surface area contributed by atoms with Crippen molar-refractivity contribution < 1.29 is 8.42 Å². The molecule has 0 amide bonds. The van der Waals surface area contributed by atoms with E-state index < -0.39 is 9.84 Å². The highest BCUT2D eigenvalue weighted by Crippen LogP contribution is 2.27. The number of hydrogen-bond acceptors (Lipinski definition) is 4. The summed E-state index contributed by atoms with van der Waals surface area (Å²) < 4.78 is 23.2. The molecule has 1 aromatic carbocycles. The van der Waals surface area contributed by atoms with E-state index in [0.717, 1.165) is 32.4 Å². The topological polar surface area (TPSA) is 49.4 Å². The molecule has 1 saturated heterocycles. The van der Waals surface area contributed by atoms with Gasteiger partial charge in [0.2, 0.25) is 0 Å². The second kappa shape index (κ2) is 5.37. The van der Waals surface area contributed by atoms with E-state index in [0.29, 0.717) is 11.5 Å². The Morgan fingerprint density at radius 2 is 2.25 bits per heavy atom. The van der Waals surface area contributed by atoms with E-state index in [1.54, 1.807) is 0 Å². The fourth-order valence-corrected chi connectivity index (χ4v) is 4.85. The van der Waals surface area contributed by atoms with Crippen LogP contribution in [0, 0.1) is 0 Å². The molecule has 1 N–H and O–H groups in total. The molecule has 0 saturated carbocycles. The van der Waals surface area contributed by atoms with Gasteiger partial charge in [-0.3, -0.25) is 0 Å². The van der Waals surface area contributed by atoms with E-state index in [1.807, 2.05) is 0 Å². The summed E-state index contributed by atoms with van der Waals surface area (Å²) in [7, 11) is -0.701. The normalized spacial score (nSPS) is 24.6. The Balaban J connectivity index is 1.62. The lowest BCUT2D eigenvalue weighted by molar-refractivity contribution is 0.480. The number of benzene rings is 1. The minimum Gasteiger partial charge on any atom is -0.374 e. The molecule has 4 nitrogen and oxygen atoms in total. The Labute approximate surface area is 121 Å². The van der Waals surface area contributed by atoms with Gasteiger partial charge in [0, 0.05) is 31.9 Å². The van der Waals surface area contributed by atoms with Gasteiger partial charge < -0.3 is 10.2 Å². The van der Waals surface area contributed by atoms with Gasteiger partial charge in [-0.05, 0) is 36.5 Å². The lowest BCUT2D eigenvalue weighted by atomic mass is 10.1. The second-order valence-electron chi connectivity index (χ2n) is 5.97. The molecule has 110 valence electrons. The zero-order chi connectivity index (χ0) is 14.2. The van der Waals surface area contributed by atoms with Gasteiger partial charge in [0.15, 0.2) is 9.84 Å². The third kappa shape index (κ3) is 2.99. The molecule has 3 rings (SSSR count). The zero-order valence-electron chi connectivity index (χ0n) is 11.9. The molecule has 0 aliphatic carbocycles. The van der Waals surface area contributed by atoms with E-state index in [4.69, 9.17) is 0 Å². The standard InChI is InChI=1S/C15H22N2O2S/c1-17-7-6-13-9-12(4-5-15(13)17)10-16-14-3-2-8-20(18,19)11-14/h4-5,9,14,16H,2-3,6-8,10-11H2,1H3. The highest BCUT2D eigenvalue weighted by Gasteiger charge is 2.24. The van der Waals surface area contributed by atoms with Gasteiger partial charge in [-0.1, -0.05) is 12.1 Å². The number of likely N-dealkylation sites (N-methyl/N-ethyl adjacent to an activating group) is 1. The fraction of sp³-hybridized carbons (Fsp3) is 0.600. The number of rotatable bonds is 3. The van der Waals surface area contributed by atoms with Crippen molar-refractivity contribution in [1.82, 2.24) is 5.32 Å². The third-order valence-corrected chi connectivity index (χ3v) is 6.15. The molecule has 5 heteroatoms. The van der Waals surface area contributed by atoms with Crippen LogP contribution in [0.2, 0.25) is 0 Å². The number of nitrogens with zero attached hydrogens (tertiary/aromatic N) is 1. The Kier molecular flexibility index (Phi) is 3.73. The SMILES string of the molecule is CN1CCc2cc(CNC3CCCS(=O)(=O)C3)ccc21. The van der Waals surface area contributed by atoms with Gasteiger partial charge in [0.25, 0.3) is 0 Å². The monoisotopic (exact) mass is 294 g/mol. The summed E-state index contributed by atoms with van der Waals surface area (Å²) >= 11 is 0.